The van der Waals surface area contributed by atoms with E-state index in [9.17, 15) is 10.1 Å². The summed E-state index contributed by atoms with van der Waals surface area (Å²) >= 11 is 0. The van der Waals surface area contributed by atoms with E-state index in [0.29, 0.717) is 31.7 Å². The summed E-state index contributed by atoms with van der Waals surface area (Å²) in [5.41, 5.74) is 4.98. The van der Waals surface area contributed by atoms with Crippen molar-refractivity contribution in [2.45, 2.75) is 19.5 Å². The Balaban J connectivity index is 1.50. The van der Waals surface area contributed by atoms with Gasteiger partial charge in [0.15, 0.2) is 6.19 Å². The molecule has 0 spiro atoms. The Bertz CT molecular complexity index is 1020. The van der Waals surface area contributed by atoms with E-state index in [1.807, 2.05) is 23.1 Å². The topological polar surface area (TPSA) is 74.4 Å². The molecular weight excluding hydrogens is 362 g/mol. The first-order chi connectivity index (χ1) is 14.1. The monoisotopic (exact) mass is 385 g/mol. The largest absolute Gasteiger partial charge is 0.336 e. The molecule has 2 aromatic carbocycles. The number of piperazine rings is 2. The van der Waals surface area contributed by atoms with Gasteiger partial charge in [0.05, 0.1) is 18.2 Å². The van der Waals surface area contributed by atoms with Crippen LogP contribution in [-0.2, 0) is 11.3 Å². The fourth-order valence-corrected chi connectivity index (χ4v) is 4.17. The summed E-state index contributed by atoms with van der Waals surface area (Å²) in [5.74, 6) is 0.112. The van der Waals surface area contributed by atoms with Crippen molar-refractivity contribution in [1.29, 1.82) is 10.5 Å². The molecule has 0 unspecified atom stereocenters. The molecule has 4 rings (SSSR count). The average Bonchev–Trinajstić information content (AvgIpc) is 2.76. The van der Waals surface area contributed by atoms with Crippen molar-refractivity contribution in [2.75, 3.05) is 32.7 Å². The molecule has 146 valence electrons. The zero-order valence-corrected chi connectivity index (χ0v) is 16.5. The minimum Gasteiger partial charge on any atom is -0.336 e. The second-order valence-corrected chi connectivity index (χ2v) is 7.69. The highest BCUT2D eigenvalue weighted by molar-refractivity contribution is 5.83. The number of carbonyl (C=O) groups is 1. The van der Waals surface area contributed by atoms with E-state index in [1.165, 1.54) is 0 Å². The summed E-state index contributed by atoms with van der Waals surface area (Å²) in [7, 11) is 0. The second-order valence-electron chi connectivity index (χ2n) is 7.69. The van der Waals surface area contributed by atoms with Crippen molar-refractivity contribution in [2.24, 2.45) is 0 Å². The molecule has 2 aliphatic heterocycles. The molecule has 0 radical (unpaired) electrons. The zero-order chi connectivity index (χ0) is 20.4. The van der Waals surface area contributed by atoms with Crippen LogP contribution in [0.2, 0.25) is 0 Å². The number of hydrogen-bond acceptors (Lipinski definition) is 5. The molecule has 2 fully saturated rings. The van der Waals surface area contributed by atoms with Gasteiger partial charge in [-0.25, -0.2) is 0 Å². The highest BCUT2D eigenvalue weighted by atomic mass is 16.2. The number of nitriles is 2. The van der Waals surface area contributed by atoms with Crippen LogP contribution < -0.4 is 0 Å². The first-order valence-corrected chi connectivity index (χ1v) is 9.86. The van der Waals surface area contributed by atoms with Gasteiger partial charge in [-0.2, -0.15) is 10.5 Å². The standard InChI is InChI=1S/C23H23N5O/c1-17-11-20(19-4-2-3-18(12-19)13-24)5-6-21(17)14-28-10-9-27-8-7-26(16-25)15-22(27)23(28)29/h2-6,11-12,22H,7-10,14-15H2,1H3/t22-/m1/s1. The molecule has 1 atom stereocenters. The van der Waals surface area contributed by atoms with Crippen LogP contribution in [0.25, 0.3) is 11.1 Å². The van der Waals surface area contributed by atoms with Crippen molar-refractivity contribution in [3.63, 3.8) is 0 Å². The number of aryl methyl sites for hydroxylation is 1. The zero-order valence-electron chi connectivity index (χ0n) is 16.5. The Morgan fingerprint density at radius 2 is 1.83 bits per heavy atom. The molecule has 0 aliphatic carbocycles. The van der Waals surface area contributed by atoms with Gasteiger partial charge in [0.2, 0.25) is 5.91 Å². The number of carbonyl (C=O) groups excluding carboxylic acids is 1. The Morgan fingerprint density at radius 3 is 2.59 bits per heavy atom. The Hall–Kier alpha value is -3.35. The normalized spacial score (nSPS) is 19.4. The van der Waals surface area contributed by atoms with Gasteiger partial charge in [-0.05, 0) is 41.3 Å². The fourth-order valence-electron chi connectivity index (χ4n) is 4.17. The second kappa shape index (κ2) is 7.95. The number of amides is 1. The molecule has 0 aromatic heterocycles. The van der Waals surface area contributed by atoms with Gasteiger partial charge in [-0.15, -0.1) is 0 Å². The third kappa shape index (κ3) is 3.81. The molecule has 2 heterocycles. The quantitative estimate of drug-likeness (QED) is 0.758. The SMILES string of the molecule is Cc1cc(-c2cccc(C#N)c2)ccc1CN1CCN2CCN(C#N)C[C@@H]2C1=O. The van der Waals surface area contributed by atoms with Gasteiger partial charge in [0.25, 0.3) is 0 Å². The van der Waals surface area contributed by atoms with Crippen LogP contribution in [0.3, 0.4) is 0 Å². The lowest BCUT2D eigenvalue weighted by atomic mass is 9.98. The first-order valence-electron chi connectivity index (χ1n) is 9.86. The molecule has 0 saturated carbocycles. The van der Waals surface area contributed by atoms with Gasteiger partial charge in [-0.3, -0.25) is 9.69 Å². The van der Waals surface area contributed by atoms with E-state index < -0.39 is 0 Å². The predicted molar refractivity (Wildman–Crippen MR) is 109 cm³/mol. The maximum Gasteiger partial charge on any atom is 0.242 e. The molecule has 29 heavy (non-hydrogen) atoms. The molecule has 2 saturated heterocycles. The van der Waals surface area contributed by atoms with Gasteiger partial charge >= 0.3 is 0 Å². The summed E-state index contributed by atoms with van der Waals surface area (Å²) in [6, 6.07) is 15.8. The van der Waals surface area contributed by atoms with Crippen molar-refractivity contribution >= 4 is 5.91 Å². The first kappa shape index (κ1) is 19.0. The van der Waals surface area contributed by atoms with Crippen molar-refractivity contribution in [3.05, 3.63) is 59.2 Å². The number of benzene rings is 2. The van der Waals surface area contributed by atoms with Crippen LogP contribution in [0.1, 0.15) is 16.7 Å². The maximum absolute atomic E-state index is 13.0. The van der Waals surface area contributed by atoms with Crippen molar-refractivity contribution in [3.8, 4) is 23.4 Å². The maximum atomic E-state index is 13.0. The summed E-state index contributed by atoms with van der Waals surface area (Å²) in [5, 5.41) is 18.3. The van der Waals surface area contributed by atoms with Crippen molar-refractivity contribution in [1.82, 2.24) is 14.7 Å². The van der Waals surface area contributed by atoms with E-state index in [1.54, 1.807) is 11.0 Å². The molecule has 2 aliphatic rings. The molecule has 6 nitrogen and oxygen atoms in total. The third-order valence-corrected chi connectivity index (χ3v) is 5.92. The van der Waals surface area contributed by atoms with Gasteiger partial charge in [0, 0.05) is 32.7 Å². The van der Waals surface area contributed by atoms with E-state index in [2.05, 4.69) is 42.3 Å². The summed E-state index contributed by atoms with van der Waals surface area (Å²) in [6.45, 7) is 6.17. The lowest BCUT2D eigenvalue weighted by Gasteiger charge is -2.45. The van der Waals surface area contributed by atoms with Crippen LogP contribution in [0.5, 0.6) is 0 Å². The van der Waals surface area contributed by atoms with Crippen molar-refractivity contribution < 1.29 is 4.79 Å². The molecule has 6 heteroatoms. The number of nitrogens with zero attached hydrogens (tertiary/aromatic N) is 5. The summed E-state index contributed by atoms with van der Waals surface area (Å²) in [6.07, 6.45) is 2.18. The van der Waals surface area contributed by atoms with Crippen LogP contribution >= 0.6 is 0 Å². The van der Waals surface area contributed by atoms with E-state index >= 15 is 0 Å². The number of fused-ring (bicyclic) bond motifs is 1. The predicted octanol–water partition coefficient (Wildman–Crippen LogP) is 2.34. The Morgan fingerprint density at radius 1 is 1.03 bits per heavy atom. The van der Waals surface area contributed by atoms with E-state index in [0.717, 1.165) is 35.3 Å². The van der Waals surface area contributed by atoms with E-state index in [4.69, 9.17) is 5.26 Å². The van der Waals surface area contributed by atoms with Gasteiger partial charge in [-0.1, -0.05) is 30.3 Å². The van der Waals surface area contributed by atoms with Crippen LogP contribution in [-0.4, -0.2) is 59.4 Å². The lowest BCUT2D eigenvalue weighted by Crippen LogP contribution is -2.63. The summed E-state index contributed by atoms with van der Waals surface area (Å²) < 4.78 is 0. The Labute approximate surface area is 171 Å². The fraction of sp³-hybridized carbons (Fsp3) is 0.348. The number of rotatable bonds is 3. The average molecular weight is 385 g/mol. The van der Waals surface area contributed by atoms with Crippen LogP contribution in [0.15, 0.2) is 42.5 Å². The third-order valence-electron chi connectivity index (χ3n) is 5.92. The molecular formula is C23H23N5O. The minimum absolute atomic E-state index is 0.112. The number of hydrogen-bond donors (Lipinski definition) is 0. The Kier molecular flexibility index (Phi) is 5.20. The van der Waals surface area contributed by atoms with Crippen LogP contribution in [0.4, 0.5) is 0 Å². The molecule has 0 bridgehead atoms. The highest BCUT2D eigenvalue weighted by Crippen LogP contribution is 2.25. The lowest BCUT2D eigenvalue weighted by molar-refractivity contribution is -0.145. The molecule has 2 aromatic rings. The molecule has 1 amide bonds. The van der Waals surface area contributed by atoms with E-state index in [-0.39, 0.29) is 11.9 Å². The highest BCUT2D eigenvalue weighted by Gasteiger charge is 2.38. The van der Waals surface area contributed by atoms with Gasteiger partial charge < -0.3 is 9.80 Å². The van der Waals surface area contributed by atoms with Gasteiger partial charge in [0.1, 0.15) is 6.04 Å². The van der Waals surface area contributed by atoms with Crippen LogP contribution in [0, 0.1) is 29.7 Å². The smallest absolute Gasteiger partial charge is 0.242 e. The molecule has 0 N–H and O–H groups in total. The summed E-state index contributed by atoms with van der Waals surface area (Å²) in [4.78, 5) is 18.8. The minimum atomic E-state index is -0.217.